The fourth-order valence-electron chi connectivity index (χ4n) is 1.75. The lowest BCUT2D eigenvalue weighted by Gasteiger charge is -2.10. The van der Waals surface area contributed by atoms with Crippen LogP contribution in [0.2, 0.25) is 0 Å². The van der Waals surface area contributed by atoms with Gasteiger partial charge in [0.2, 0.25) is 0 Å². The minimum atomic E-state index is -0.952. The van der Waals surface area contributed by atoms with Crippen LogP contribution in [0.5, 0.6) is 0 Å². The van der Waals surface area contributed by atoms with Gasteiger partial charge in [-0.3, -0.25) is 34.9 Å². The zero-order valence-electron chi connectivity index (χ0n) is 13.0. The van der Waals surface area contributed by atoms with Crippen molar-refractivity contribution in [2.75, 3.05) is 0 Å². The zero-order valence-corrected chi connectivity index (χ0v) is 14.6. The standard InChI is InChI=1S/C13H16N6O3S2/c1-7(2)14-11(21)12(22)17-15-9(20)6-19-10(16-18-13(19)23)8-4-3-5-24-8/h3-5,7H,6H2,1-2H3,(H,14,21)(H,15,20)(H,17,22)(H,18,23). The predicted molar refractivity (Wildman–Crippen MR) is 90.3 cm³/mol. The van der Waals surface area contributed by atoms with E-state index in [1.807, 2.05) is 22.9 Å². The molecular formula is C13H16N6O3S2. The van der Waals surface area contributed by atoms with Gasteiger partial charge in [0.15, 0.2) is 10.6 Å². The van der Waals surface area contributed by atoms with Gasteiger partial charge in [-0.05, 0) is 37.5 Å². The van der Waals surface area contributed by atoms with Crippen molar-refractivity contribution in [1.82, 2.24) is 30.9 Å². The van der Waals surface area contributed by atoms with Crippen LogP contribution in [0, 0.1) is 4.77 Å². The van der Waals surface area contributed by atoms with Gasteiger partial charge in [-0.2, -0.15) is 5.10 Å². The number of thiophene rings is 1. The quantitative estimate of drug-likeness (QED) is 0.352. The van der Waals surface area contributed by atoms with Crippen molar-refractivity contribution in [2.24, 2.45) is 0 Å². The van der Waals surface area contributed by atoms with Crippen LogP contribution >= 0.6 is 23.6 Å². The number of aromatic nitrogens is 3. The fraction of sp³-hybridized carbons (Fsp3) is 0.308. The number of hydrogen-bond acceptors (Lipinski definition) is 6. The first-order chi connectivity index (χ1) is 11.4. The van der Waals surface area contributed by atoms with Crippen LogP contribution in [0.15, 0.2) is 17.5 Å². The summed E-state index contributed by atoms with van der Waals surface area (Å²) in [5, 5.41) is 11.0. The first-order valence-electron chi connectivity index (χ1n) is 6.97. The molecular weight excluding hydrogens is 352 g/mol. The van der Waals surface area contributed by atoms with Crippen LogP contribution in [0.1, 0.15) is 13.8 Å². The molecule has 9 nitrogen and oxygen atoms in total. The molecule has 2 rings (SSSR count). The number of rotatable bonds is 4. The van der Waals surface area contributed by atoms with E-state index in [4.69, 9.17) is 12.2 Å². The minimum absolute atomic E-state index is 0.158. The number of nitrogens with zero attached hydrogens (tertiary/aromatic N) is 2. The molecule has 0 aliphatic heterocycles. The maximum atomic E-state index is 12.0. The van der Waals surface area contributed by atoms with E-state index in [9.17, 15) is 14.4 Å². The van der Waals surface area contributed by atoms with E-state index in [1.54, 1.807) is 13.8 Å². The minimum Gasteiger partial charge on any atom is -0.346 e. The van der Waals surface area contributed by atoms with Crippen molar-refractivity contribution in [3.8, 4) is 10.7 Å². The van der Waals surface area contributed by atoms with Gasteiger partial charge in [0.25, 0.3) is 5.91 Å². The summed E-state index contributed by atoms with van der Waals surface area (Å²) in [6, 6.07) is 3.52. The van der Waals surface area contributed by atoms with Crippen LogP contribution in [-0.4, -0.2) is 38.5 Å². The number of carbonyl (C=O) groups is 3. The Bertz CT molecular complexity index is 793. The van der Waals surface area contributed by atoms with Gasteiger partial charge in [0.05, 0.1) is 4.88 Å². The summed E-state index contributed by atoms with van der Waals surface area (Å²) in [5.41, 5.74) is 4.22. The number of nitrogens with one attached hydrogen (secondary N) is 4. The molecule has 2 aromatic heterocycles. The Morgan fingerprint density at radius 1 is 1.33 bits per heavy atom. The highest BCUT2D eigenvalue weighted by molar-refractivity contribution is 7.71. The molecule has 3 amide bonds. The Morgan fingerprint density at radius 3 is 2.71 bits per heavy atom. The highest BCUT2D eigenvalue weighted by Gasteiger charge is 2.16. The normalized spacial score (nSPS) is 10.5. The Hall–Kier alpha value is -2.53. The number of amides is 3. The Labute approximate surface area is 146 Å². The first kappa shape index (κ1) is 17.8. The second-order valence-corrected chi connectivity index (χ2v) is 6.38. The SMILES string of the molecule is CC(C)NC(=O)C(=O)NNC(=O)Cn1c(-c2cccs2)n[nH]c1=S. The first-order valence-corrected chi connectivity index (χ1v) is 8.26. The maximum Gasteiger partial charge on any atom is 0.327 e. The molecule has 2 aromatic rings. The molecule has 0 aliphatic rings. The highest BCUT2D eigenvalue weighted by Crippen LogP contribution is 2.22. The zero-order chi connectivity index (χ0) is 17.7. The van der Waals surface area contributed by atoms with E-state index in [2.05, 4.69) is 20.9 Å². The summed E-state index contributed by atoms with van der Waals surface area (Å²) in [6.07, 6.45) is 0. The van der Waals surface area contributed by atoms with E-state index in [0.717, 1.165) is 4.88 Å². The van der Waals surface area contributed by atoms with Gasteiger partial charge < -0.3 is 5.32 Å². The Kier molecular flexibility index (Phi) is 5.82. The molecule has 0 spiro atoms. The second kappa shape index (κ2) is 7.84. The van der Waals surface area contributed by atoms with Crippen molar-refractivity contribution in [1.29, 1.82) is 0 Å². The number of hydrazine groups is 1. The van der Waals surface area contributed by atoms with E-state index in [1.165, 1.54) is 15.9 Å². The van der Waals surface area contributed by atoms with Crippen LogP contribution in [0.25, 0.3) is 10.7 Å². The molecule has 2 heterocycles. The van der Waals surface area contributed by atoms with Crippen LogP contribution < -0.4 is 16.2 Å². The lowest BCUT2D eigenvalue weighted by atomic mass is 10.4. The van der Waals surface area contributed by atoms with Crippen molar-refractivity contribution in [2.45, 2.75) is 26.4 Å². The maximum absolute atomic E-state index is 12.0. The topological polar surface area (TPSA) is 121 Å². The van der Waals surface area contributed by atoms with E-state index in [0.29, 0.717) is 5.82 Å². The lowest BCUT2D eigenvalue weighted by Crippen LogP contribution is -2.50. The van der Waals surface area contributed by atoms with Gasteiger partial charge >= 0.3 is 11.8 Å². The lowest BCUT2D eigenvalue weighted by molar-refractivity contribution is -0.141. The third kappa shape index (κ3) is 4.49. The predicted octanol–water partition coefficient (Wildman–Crippen LogP) is 0.341. The molecule has 4 N–H and O–H groups in total. The summed E-state index contributed by atoms with van der Waals surface area (Å²) in [4.78, 5) is 35.8. The smallest absolute Gasteiger partial charge is 0.327 e. The van der Waals surface area contributed by atoms with E-state index < -0.39 is 17.7 Å². The van der Waals surface area contributed by atoms with Crippen molar-refractivity contribution >= 4 is 41.3 Å². The number of aromatic amines is 1. The fourth-order valence-corrected chi connectivity index (χ4v) is 2.67. The van der Waals surface area contributed by atoms with Gasteiger partial charge in [-0.1, -0.05) is 6.07 Å². The third-order valence-electron chi connectivity index (χ3n) is 2.74. The van der Waals surface area contributed by atoms with Crippen LogP contribution in [0.4, 0.5) is 0 Å². The Morgan fingerprint density at radius 2 is 2.08 bits per heavy atom. The molecule has 0 unspecified atom stereocenters. The molecule has 0 atom stereocenters. The van der Waals surface area contributed by atoms with Crippen molar-refractivity contribution in [3.63, 3.8) is 0 Å². The number of carbonyl (C=O) groups excluding carboxylic acids is 3. The molecule has 0 radical (unpaired) electrons. The molecule has 24 heavy (non-hydrogen) atoms. The summed E-state index contributed by atoms with van der Waals surface area (Å²) in [7, 11) is 0. The van der Waals surface area contributed by atoms with Crippen molar-refractivity contribution in [3.05, 3.63) is 22.3 Å². The van der Waals surface area contributed by atoms with Gasteiger partial charge in [0, 0.05) is 6.04 Å². The molecule has 0 saturated carbocycles. The summed E-state index contributed by atoms with van der Waals surface area (Å²) >= 11 is 6.56. The van der Waals surface area contributed by atoms with Gasteiger partial charge in [0.1, 0.15) is 6.54 Å². The molecule has 11 heteroatoms. The van der Waals surface area contributed by atoms with Gasteiger partial charge in [-0.15, -0.1) is 11.3 Å². The summed E-state index contributed by atoms with van der Waals surface area (Å²) in [5.74, 6) is -1.80. The third-order valence-corrected chi connectivity index (χ3v) is 3.92. The summed E-state index contributed by atoms with van der Waals surface area (Å²) in [6.45, 7) is 3.28. The molecule has 0 aromatic carbocycles. The molecule has 128 valence electrons. The molecule has 0 fully saturated rings. The van der Waals surface area contributed by atoms with E-state index in [-0.39, 0.29) is 17.4 Å². The summed E-state index contributed by atoms with van der Waals surface area (Å²) < 4.78 is 1.77. The monoisotopic (exact) mass is 368 g/mol. The average molecular weight is 368 g/mol. The molecule has 0 saturated heterocycles. The molecule has 0 bridgehead atoms. The molecule has 0 aliphatic carbocycles. The number of H-pyrrole nitrogens is 1. The average Bonchev–Trinajstić information content (AvgIpc) is 3.15. The largest absolute Gasteiger partial charge is 0.346 e. The van der Waals surface area contributed by atoms with Crippen LogP contribution in [-0.2, 0) is 20.9 Å². The van der Waals surface area contributed by atoms with Gasteiger partial charge in [-0.25, -0.2) is 0 Å². The number of hydrogen-bond donors (Lipinski definition) is 4. The van der Waals surface area contributed by atoms with Crippen LogP contribution in [0.3, 0.4) is 0 Å². The van der Waals surface area contributed by atoms with Crippen molar-refractivity contribution < 1.29 is 14.4 Å². The van der Waals surface area contributed by atoms with E-state index >= 15 is 0 Å². The second-order valence-electron chi connectivity index (χ2n) is 5.05. The highest BCUT2D eigenvalue weighted by atomic mass is 32.1. The Balaban J connectivity index is 1.96.